The second-order valence-corrected chi connectivity index (χ2v) is 3.28. The van der Waals surface area contributed by atoms with Crippen LogP contribution in [0.15, 0.2) is 23.4 Å². The Bertz CT molecular complexity index is 417. The highest BCUT2D eigenvalue weighted by Crippen LogP contribution is 2.18. The Morgan fingerprint density at radius 2 is 2.31 bits per heavy atom. The van der Waals surface area contributed by atoms with Gasteiger partial charge < -0.3 is 16.3 Å². The Hall–Kier alpha value is -1.82. The van der Waals surface area contributed by atoms with Crippen LogP contribution in [0.5, 0.6) is 0 Å². The van der Waals surface area contributed by atoms with Crippen molar-refractivity contribution in [1.29, 1.82) is 0 Å². The summed E-state index contributed by atoms with van der Waals surface area (Å²) in [6.07, 6.45) is 0. The molecular weight excluding hydrogens is 237 g/mol. The highest BCUT2D eigenvalue weighted by Gasteiger charge is 2.15. The summed E-state index contributed by atoms with van der Waals surface area (Å²) in [6, 6.07) is 3.89. The van der Waals surface area contributed by atoms with Crippen LogP contribution in [0.25, 0.3) is 0 Å². The average molecular weight is 246 g/mol. The standard InChI is InChI=1S/C9H9ClFN3O2/c10-5-2-1-3-6(11)8(5)9(15)13-4-7(12)14-16/h1-3,16H,4H2,(H2,12,14)(H,13,15). The highest BCUT2D eigenvalue weighted by molar-refractivity contribution is 6.33. The number of nitrogens with zero attached hydrogens (tertiary/aromatic N) is 1. The first-order chi connectivity index (χ1) is 7.56. The van der Waals surface area contributed by atoms with E-state index in [1.54, 1.807) is 0 Å². The molecule has 0 radical (unpaired) electrons. The maximum atomic E-state index is 13.3. The molecule has 1 aromatic rings. The van der Waals surface area contributed by atoms with Gasteiger partial charge in [-0.3, -0.25) is 4.79 Å². The predicted octanol–water partition coefficient (Wildman–Crippen LogP) is 0.955. The minimum absolute atomic E-state index is 0.00277. The quantitative estimate of drug-likeness (QED) is 0.321. The van der Waals surface area contributed by atoms with Crippen molar-refractivity contribution in [1.82, 2.24) is 5.32 Å². The summed E-state index contributed by atoms with van der Waals surface area (Å²) in [6.45, 7) is -0.194. The second-order valence-electron chi connectivity index (χ2n) is 2.87. The summed E-state index contributed by atoms with van der Waals surface area (Å²) in [4.78, 5) is 11.5. The fraction of sp³-hybridized carbons (Fsp3) is 0.111. The van der Waals surface area contributed by atoms with E-state index in [9.17, 15) is 9.18 Å². The van der Waals surface area contributed by atoms with Crippen LogP contribution in [0.1, 0.15) is 10.4 Å². The zero-order chi connectivity index (χ0) is 12.1. The van der Waals surface area contributed by atoms with Gasteiger partial charge in [0.1, 0.15) is 5.82 Å². The van der Waals surface area contributed by atoms with E-state index in [1.807, 2.05) is 0 Å². The van der Waals surface area contributed by atoms with Crippen LogP contribution in [0.3, 0.4) is 0 Å². The van der Waals surface area contributed by atoms with Crippen molar-refractivity contribution in [2.75, 3.05) is 6.54 Å². The van der Waals surface area contributed by atoms with Crippen LogP contribution < -0.4 is 11.1 Å². The molecule has 0 unspecified atom stereocenters. The van der Waals surface area contributed by atoms with Crippen molar-refractivity contribution in [3.63, 3.8) is 0 Å². The monoisotopic (exact) mass is 245 g/mol. The molecule has 7 heteroatoms. The number of amidine groups is 1. The van der Waals surface area contributed by atoms with E-state index in [1.165, 1.54) is 12.1 Å². The molecule has 0 heterocycles. The Labute approximate surface area is 95.7 Å². The van der Waals surface area contributed by atoms with Gasteiger partial charge in [-0.1, -0.05) is 22.8 Å². The Balaban J connectivity index is 2.81. The third-order valence-electron chi connectivity index (χ3n) is 1.75. The first-order valence-corrected chi connectivity index (χ1v) is 4.62. The number of amides is 1. The van der Waals surface area contributed by atoms with Crippen molar-refractivity contribution in [3.8, 4) is 0 Å². The van der Waals surface area contributed by atoms with E-state index in [2.05, 4.69) is 10.5 Å². The maximum absolute atomic E-state index is 13.3. The second kappa shape index (κ2) is 5.32. The van der Waals surface area contributed by atoms with Gasteiger partial charge in [0.15, 0.2) is 5.84 Å². The molecule has 5 nitrogen and oxygen atoms in total. The number of oxime groups is 1. The van der Waals surface area contributed by atoms with Gasteiger partial charge in [-0.15, -0.1) is 0 Å². The first-order valence-electron chi connectivity index (χ1n) is 4.25. The summed E-state index contributed by atoms with van der Waals surface area (Å²) in [5.41, 5.74) is 4.87. The molecule has 0 aliphatic rings. The summed E-state index contributed by atoms with van der Waals surface area (Å²) < 4.78 is 13.3. The van der Waals surface area contributed by atoms with E-state index >= 15 is 0 Å². The maximum Gasteiger partial charge on any atom is 0.256 e. The molecule has 0 saturated carbocycles. The summed E-state index contributed by atoms with van der Waals surface area (Å²) in [5, 5.41) is 13.1. The van der Waals surface area contributed by atoms with Gasteiger partial charge in [-0.05, 0) is 12.1 Å². The third-order valence-corrected chi connectivity index (χ3v) is 2.06. The number of hydrogen-bond donors (Lipinski definition) is 3. The van der Waals surface area contributed by atoms with Crippen LogP contribution in [0, 0.1) is 5.82 Å². The molecule has 0 aliphatic heterocycles. The molecular formula is C9H9ClFN3O2. The average Bonchev–Trinajstić information content (AvgIpc) is 2.25. The van der Waals surface area contributed by atoms with E-state index in [0.29, 0.717) is 0 Å². The first kappa shape index (κ1) is 12.3. The molecule has 1 amide bonds. The number of benzene rings is 1. The molecule has 0 fully saturated rings. The molecule has 0 bridgehead atoms. The van der Waals surface area contributed by atoms with Crippen molar-refractivity contribution >= 4 is 23.3 Å². The molecule has 0 aliphatic carbocycles. The van der Waals surface area contributed by atoms with Gasteiger partial charge in [0.05, 0.1) is 17.1 Å². The SMILES string of the molecule is N/C(CNC(=O)c1c(F)cccc1Cl)=N\O. The van der Waals surface area contributed by atoms with Gasteiger partial charge in [0.2, 0.25) is 0 Å². The number of carbonyl (C=O) groups is 1. The third kappa shape index (κ3) is 2.83. The van der Waals surface area contributed by atoms with Gasteiger partial charge in [0, 0.05) is 0 Å². The molecule has 0 spiro atoms. The predicted molar refractivity (Wildman–Crippen MR) is 57.2 cm³/mol. The number of nitrogens with one attached hydrogen (secondary N) is 1. The number of carbonyl (C=O) groups excluding carboxylic acids is 1. The van der Waals surface area contributed by atoms with Crippen molar-refractivity contribution in [2.45, 2.75) is 0 Å². The minimum atomic E-state index is -0.732. The Kier molecular flexibility index (Phi) is 4.07. The van der Waals surface area contributed by atoms with Crippen LogP contribution in [-0.4, -0.2) is 23.5 Å². The minimum Gasteiger partial charge on any atom is -0.409 e. The topological polar surface area (TPSA) is 87.7 Å². The lowest BCUT2D eigenvalue weighted by Crippen LogP contribution is -2.34. The van der Waals surface area contributed by atoms with Crippen LogP contribution in [0.2, 0.25) is 5.02 Å². The summed E-state index contributed by atoms with van der Waals surface area (Å²) in [7, 11) is 0. The lowest BCUT2D eigenvalue weighted by Gasteiger charge is -2.06. The van der Waals surface area contributed by atoms with E-state index in [0.717, 1.165) is 6.07 Å². The lowest BCUT2D eigenvalue weighted by molar-refractivity contribution is 0.0955. The van der Waals surface area contributed by atoms with Gasteiger partial charge in [0.25, 0.3) is 5.91 Å². The number of halogens is 2. The number of rotatable bonds is 3. The zero-order valence-corrected chi connectivity index (χ0v) is 8.83. The van der Waals surface area contributed by atoms with E-state index in [4.69, 9.17) is 22.5 Å². The molecule has 86 valence electrons. The van der Waals surface area contributed by atoms with Gasteiger partial charge in [-0.2, -0.15) is 0 Å². The molecule has 0 atom stereocenters. The Morgan fingerprint density at radius 1 is 1.62 bits per heavy atom. The molecule has 16 heavy (non-hydrogen) atoms. The highest BCUT2D eigenvalue weighted by atomic mass is 35.5. The number of nitrogens with two attached hydrogens (primary N) is 1. The molecule has 0 saturated heterocycles. The smallest absolute Gasteiger partial charge is 0.256 e. The van der Waals surface area contributed by atoms with Crippen molar-refractivity contribution in [3.05, 3.63) is 34.6 Å². The van der Waals surface area contributed by atoms with E-state index < -0.39 is 11.7 Å². The molecule has 1 rings (SSSR count). The summed E-state index contributed by atoms with van der Waals surface area (Å²) >= 11 is 5.66. The van der Waals surface area contributed by atoms with Crippen molar-refractivity contribution < 1.29 is 14.4 Å². The fourth-order valence-corrected chi connectivity index (χ4v) is 1.26. The van der Waals surface area contributed by atoms with Crippen LogP contribution in [0.4, 0.5) is 4.39 Å². The normalized spacial score (nSPS) is 11.2. The van der Waals surface area contributed by atoms with Crippen molar-refractivity contribution in [2.24, 2.45) is 10.9 Å². The fourth-order valence-electron chi connectivity index (χ4n) is 1.01. The van der Waals surface area contributed by atoms with Crippen LogP contribution in [-0.2, 0) is 0 Å². The van der Waals surface area contributed by atoms with Gasteiger partial charge in [-0.25, -0.2) is 4.39 Å². The van der Waals surface area contributed by atoms with E-state index in [-0.39, 0.29) is 23.0 Å². The lowest BCUT2D eigenvalue weighted by atomic mass is 10.2. The Morgan fingerprint density at radius 3 is 2.88 bits per heavy atom. The largest absolute Gasteiger partial charge is 0.409 e. The zero-order valence-electron chi connectivity index (χ0n) is 8.08. The number of hydrogen-bond acceptors (Lipinski definition) is 3. The summed E-state index contributed by atoms with van der Waals surface area (Å²) in [5.74, 6) is -1.65. The molecule has 1 aromatic carbocycles. The molecule has 0 aromatic heterocycles. The van der Waals surface area contributed by atoms with Gasteiger partial charge >= 0.3 is 0 Å². The molecule has 4 N–H and O–H groups in total. The van der Waals surface area contributed by atoms with Crippen LogP contribution >= 0.6 is 11.6 Å².